The number of halogens is 1. The van der Waals surface area contributed by atoms with E-state index in [0.717, 1.165) is 31.7 Å². The zero-order valence-corrected chi connectivity index (χ0v) is 12.2. The van der Waals surface area contributed by atoms with Gasteiger partial charge in [0.15, 0.2) is 5.82 Å². The summed E-state index contributed by atoms with van der Waals surface area (Å²) >= 11 is 6.05. The van der Waals surface area contributed by atoms with Crippen LogP contribution < -0.4 is 4.90 Å². The molecule has 1 atom stereocenters. The second-order valence-electron chi connectivity index (χ2n) is 4.55. The van der Waals surface area contributed by atoms with Crippen LogP contribution in [-0.4, -0.2) is 42.9 Å². The van der Waals surface area contributed by atoms with Crippen LogP contribution >= 0.6 is 11.6 Å². The molecule has 1 fully saturated rings. The van der Waals surface area contributed by atoms with Crippen molar-refractivity contribution in [3.05, 3.63) is 17.0 Å². The van der Waals surface area contributed by atoms with Crippen molar-refractivity contribution in [1.82, 2.24) is 9.97 Å². The van der Waals surface area contributed by atoms with Crippen LogP contribution in [0, 0.1) is 0 Å². The van der Waals surface area contributed by atoms with Crippen LogP contribution in [0.3, 0.4) is 0 Å². The van der Waals surface area contributed by atoms with Gasteiger partial charge in [-0.25, -0.2) is 9.97 Å². The van der Waals surface area contributed by atoms with Crippen LogP contribution in [-0.2, 0) is 16.1 Å². The largest absolute Gasteiger partial charge is 0.380 e. The van der Waals surface area contributed by atoms with Crippen LogP contribution in [0.25, 0.3) is 0 Å². The highest BCUT2D eigenvalue weighted by atomic mass is 35.5. The standard InChI is InChI=1S/C13H20ClN3O2/c1-3-19-9-12-15-11(14)7-13(16-12)17-6-4-5-10(8-17)18-2/h7,10H,3-6,8-9H2,1-2H3. The Labute approximate surface area is 118 Å². The minimum atomic E-state index is 0.262. The Morgan fingerprint density at radius 1 is 1.47 bits per heavy atom. The molecule has 0 amide bonds. The van der Waals surface area contributed by atoms with Gasteiger partial charge in [-0.05, 0) is 19.8 Å². The number of hydrogen-bond acceptors (Lipinski definition) is 5. The highest BCUT2D eigenvalue weighted by Gasteiger charge is 2.21. The molecule has 0 spiro atoms. The third kappa shape index (κ3) is 4.03. The molecule has 5 nitrogen and oxygen atoms in total. The van der Waals surface area contributed by atoms with Crippen molar-refractivity contribution in [3.63, 3.8) is 0 Å². The van der Waals surface area contributed by atoms with E-state index in [9.17, 15) is 0 Å². The van der Waals surface area contributed by atoms with E-state index in [-0.39, 0.29) is 6.10 Å². The van der Waals surface area contributed by atoms with Gasteiger partial charge < -0.3 is 14.4 Å². The van der Waals surface area contributed by atoms with Crippen LogP contribution in [0.4, 0.5) is 5.82 Å². The van der Waals surface area contributed by atoms with Crippen molar-refractivity contribution in [1.29, 1.82) is 0 Å². The summed E-state index contributed by atoms with van der Waals surface area (Å²) in [6.07, 6.45) is 2.45. The molecule has 1 saturated heterocycles. The number of methoxy groups -OCH3 is 1. The van der Waals surface area contributed by atoms with Crippen LogP contribution in [0.2, 0.25) is 5.15 Å². The monoisotopic (exact) mass is 285 g/mol. The fourth-order valence-electron chi connectivity index (χ4n) is 2.21. The molecule has 0 aromatic carbocycles. The first-order valence-electron chi connectivity index (χ1n) is 6.62. The highest BCUT2D eigenvalue weighted by Crippen LogP contribution is 2.21. The van der Waals surface area contributed by atoms with Crippen LogP contribution in [0.15, 0.2) is 6.07 Å². The van der Waals surface area contributed by atoms with E-state index < -0.39 is 0 Å². The van der Waals surface area contributed by atoms with Gasteiger partial charge in [0.05, 0.1) is 6.10 Å². The van der Waals surface area contributed by atoms with E-state index >= 15 is 0 Å². The minimum Gasteiger partial charge on any atom is -0.380 e. The van der Waals surface area contributed by atoms with Crippen molar-refractivity contribution < 1.29 is 9.47 Å². The topological polar surface area (TPSA) is 47.5 Å². The average Bonchev–Trinajstić information content (AvgIpc) is 2.44. The predicted octanol–water partition coefficient (Wildman–Crippen LogP) is 2.28. The van der Waals surface area contributed by atoms with Crippen LogP contribution in [0.5, 0.6) is 0 Å². The van der Waals surface area contributed by atoms with Gasteiger partial charge in [-0.1, -0.05) is 11.6 Å². The van der Waals surface area contributed by atoms with Gasteiger partial charge in [0.25, 0.3) is 0 Å². The molecule has 0 saturated carbocycles. The smallest absolute Gasteiger partial charge is 0.158 e. The molecule has 0 N–H and O–H groups in total. The molecule has 106 valence electrons. The normalized spacial score (nSPS) is 19.7. The number of nitrogens with zero attached hydrogens (tertiary/aromatic N) is 3. The van der Waals surface area contributed by atoms with Crippen molar-refractivity contribution in [2.24, 2.45) is 0 Å². The first kappa shape index (κ1) is 14.5. The second-order valence-corrected chi connectivity index (χ2v) is 4.94. The van der Waals surface area contributed by atoms with Gasteiger partial charge in [0.2, 0.25) is 0 Å². The minimum absolute atomic E-state index is 0.262. The third-order valence-corrected chi connectivity index (χ3v) is 3.39. The molecule has 1 unspecified atom stereocenters. The van der Waals surface area contributed by atoms with E-state index in [1.54, 1.807) is 13.2 Å². The Hall–Kier alpha value is -0.910. The lowest BCUT2D eigenvalue weighted by atomic mass is 10.1. The molecule has 0 bridgehead atoms. The van der Waals surface area contributed by atoms with E-state index in [1.165, 1.54) is 0 Å². The first-order chi connectivity index (χ1) is 9.22. The Kier molecular flexibility index (Phi) is 5.36. The summed E-state index contributed by atoms with van der Waals surface area (Å²) in [5.41, 5.74) is 0. The number of ether oxygens (including phenoxy) is 2. The van der Waals surface area contributed by atoms with E-state index in [2.05, 4.69) is 14.9 Å². The van der Waals surface area contributed by atoms with Crippen LogP contribution in [0.1, 0.15) is 25.6 Å². The molecule has 1 aromatic rings. The molecule has 0 aliphatic carbocycles. The number of piperidine rings is 1. The van der Waals surface area contributed by atoms with Crippen molar-refractivity contribution in [2.45, 2.75) is 32.5 Å². The molecular formula is C13H20ClN3O2. The van der Waals surface area contributed by atoms with Gasteiger partial charge >= 0.3 is 0 Å². The summed E-state index contributed by atoms with van der Waals surface area (Å²) < 4.78 is 10.8. The maximum absolute atomic E-state index is 6.05. The van der Waals surface area contributed by atoms with Gasteiger partial charge in [-0.3, -0.25) is 0 Å². The summed E-state index contributed by atoms with van der Waals surface area (Å²) in [6, 6.07) is 1.80. The van der Waals surface area contributed by atoms with Crippen molar-refractivity contribution in [3.8, 4) is 0 Å². The zero-order chi connectivity index (χ0) is 13.7. The lowest BCUT2D eigenvalue weighted by Gasteiger charge is -2.32. The molecule has 2 heterocycles. The highest BCUT2D eigenvalue weighted by molar-refractivity contribution is 6.29. The number of anilines is 1. The molecular weight excluding hydrogens is 266 g/mol. The first-order valence-corrected chi connectivity index (χ1v) is 6.99. The van der Waals surface area contributed by atoms with E-state index in [0.29, 0.717) is 24.2 Å². The quantitative estimate of drug-likeness (QED) is 0.777. The Morgan fingerprint density at radius 3 is 3.05 bits per heavy atom. The summed E-state index contributed by atoms with van der Waals surface area (Å²) in [5.74, 6) is 1.49. The fraction of sp³-hybridized carbons (Fsp3) is 0.692. The SMILES string of the molecule is CCOCc1nc(Cl)cc(N2CCCC(OC)C2)n1. The van der Waals surface area contributed by atoms with Crippen molar-refractivity contribution in [2.75, 3.05) is 31.7 Å². The molecule has 2 rings (SSSR count). The van der Waals surface area contributed by atoms with Crippen molar-refractivity contribution >= 4 is 17.4 Å². The zero-order valence-electron chi connectivity index (χ0n) is 11.4. The molecule has 1 aromatic heterocycles. The fourth-order valence-corrected chi connectivity index (χ4v) is 2.41. The molecule has 1 aliphatic rings. The predicted molar refractivity (Wildman–Crippen MR) is 74.6 cm³/mol. The summed E-state index contributed by atoms with van der Waals surface area (Å²) in [6.45, 7) is 4.80. The summed E-state index contributed by atoms with van der Waals surface area (Å²) in [7, 11) is 1.75. The molecule has 1 aliphatic heterocycles. The van der Waals surface area contributed by atoms with Gasteiger partial charge in [0.1, 0.15) is 17.6 Å². The van der Waals surface area contributed by atoms with Gasteiger partial charge in [-0.15, -0.1) is 0 Å². The lowest BCUT2D eigenvalue weighted by molar-refractivity contribution is 0.0890. The maximum Gasteiger partial charge on any atom is 0.158 e. The average molecular weight is 286 g/mol. The Morgan fingerprint density at radius 2 is 2.32 bits per heavy atom. The maximum atomic E-state index is 6.05. The number of hydrogen-bond donors (Lipinski definition) is 0. The summed E-state index contributed by atoms with van der Waals surface area (Å²) in [4.78, 5) is 10.9. The Bertz CT molecular complexity index is 417. The lowest BCUT2D eigenvalue weighted by Crippen LogP contribution is -2.39. The van der Waals surface area contributed by atoms with E-state index in [4.69, 9.17) is 21.1 Å². The second kappa shape index (κ2) is 7.03. The third-order valence-electron chi connectivity index (χ3n) is 3.20. The van der Waals surface area contributed by atoms with E-state index in [1.807, 2.05) is 6.92 Å². The summed E-state index contributed by atoms with van der Waals surface area (Å²) in [5, 5.41) is 0.458. The molecule has 19 heavy (non-hydrogen) atoms. The molecule has 0 radical (unpaired) electrons. The molecule has 6 heteroatoms. The number of rotatable bonds is 5. The Balaban J connectivity index is 2.11. The van der Waals surface area contributed by atoms with Gasteiger partial charge in [-0.2, -0.15) is 0 Å². The number of aromatic nitrogens is 2. The van der Waals surface area contributed by atoms with Gasteiger partial charge in [0, 0.05) is 32.9 Å².